The molecule has 6 rings (SSSR count). The first kappa shape index (κ1) is 61.5. The van der Waals surface area contributed by atoms with Crippen molar-refractivity contribution in [2.24, 2.45) is 21.7 Å². The number of nitrogens with zero attached hydrogens (tertiary/aromatic N) is 3. The molecule has 0 spiro atoms. The van der Waals surface area contributed by atoms with Crippen LogP contribution in [0.3, 0.4) is 0 Å². The molecule has 3 heterocycles. The van der Waals surface area contributed by atoms with Crippen molar-refractivity contribution < 1.29 is 66.7 Å². The van der Waals surface area contributed by atoms with Gasteiger partial charge in [-0.25, -0.2) is 4.79 Å². The van der Waals surface area contributed by atoms with E-state index in [-0.39, 0.29) is 30.7 Å². The Bertz CT molecular complexity index is 2970. The SMILES string of the molecule is CC(C)(C)C(=O)OC[C@H]1O[C@@H](Oc2n[nH]c3cccc(C#Cc4ccc(/C=C/CC(=O)NC(C)(C)C(=O)N5CCN(C(=O)OCc6ccccc6)CC5)cc4)c23)[C@H](OC(=O)C(C)(C)C)[C@@H](OC(=O)C(C)(C)C)[C@@H]1OC(=O)C(C)(C)C. The van der Waals surface area contributed by atoms with Gasteiger partial charge in [0.2, 0.25) is 30.1 Å². The van der Waals surface area contributed by atoms with E-state index in [1.165, 1.54) is 0 Å². The third-order valence-corrected chi connectivity index (χ3v) is 12.8. The van der Waals surface area contributed by atoms with E-state index in [1.54, 1.807) is 137 Å². The molecule has 0 aliphatic carbocycles. The summed E-state index contributed by atoms with van der Waals surface area (Å²) in [6, 6.07) is 22.1. The van der Waals surface area contributed by atoms with Gasteiger partial charge in [0, 0.05) is 43.7 Å². The Balaban J connectivity index is 1.17. The maximum absolute atomic E-state index is 13.8. The van der Waals surface area contributed by atoms with Crippen LogP contribution in [0, 0.1) is 33.5 Å². The van der Waals surface area contributed by atoms with Crippen molar-refractivity contribution in [2.45, 2.75) is 146 Å². The summed E-state index contributed by atoms with van der Waals surface area (Å²) >= 11 is 0. The molecule has 2 N–H and O–H groups in total. The minimum absolute atomic E-state index is 0.0164. The van der Waals surface area contributed by atoms with Crippen LogP contribution < -0.4 is 10.1 Å². The number of hydrogen-bond donors (Lipinski definition) is 2. The lowest BCUT2D eigenvalue weighted by Gasteiger charge is -2.45. The number of nitrogens with one attached hydrogen (secondary N) is 2. The Hall–Kier alpha value is -7.72. The number of carbonyl (C=O) groups is 7. The molecule has 4 aromatic rings. The molecule has 80 heavy (non-hydrogen) atoms. The van der Waals surface area contributed by atoms with E-state index >= 15 is 0 Å². The Morgan fingerprint density at radius 3 is 1.80 bits per heavy atom. The molecule has 19 nitrogen and oxygen atoms in total. The number of aromatic amines is 1. The van der Waals surface area contributed by atoms with Gasteiger partial charge in [-0.05, 0) is 132 Å². The summed E-state index contributed by atoms with van der Waals surface area (Å²) in [5, 5.41) is 10.7. The van der Waals surface area contributed by atoms with Crippen molar-refractivity contribution in [1.29, 1.82) is 0 Å². The Morgan fingerprint density at radius 2 is 1.21 bits per heavy atom. The summed E-state index contributed by atoms with van der Waals surface area (Å²) in [6.07, 6.45) is -4.39. The molecule has 1 aromatic heterocycles. The van der Waals surface area contributed by atoms with Crippen LogP contribution in [0.25, 0.3) is 17.0 Å². The highest BCUT2D eigenvalue weighted by atomic mass is 16.7. The maximum atomic E-state index is 13.8. The highest BCUT2D eigenvalue weighted by molar-refractivity contribution is 5.92. The fourth-order valence-electron chi connectivity index (χ4n) is 8.00. The number of amides is 3. The van der Waals surface area contributed by atoms with Crippen LogP contribution in [-0.4, -0.2) is 131 Å². The van der Waals surface area contributed by atoms with Crippen LogP contribution in [-0.2, 0) is 63.8 Å². The van der Waals surface area contributed by atoms with Crippen molar-refractivity contribution in [3.8, 4) is 17.7 Å². The van der Waals surface area contributed by atoms with Crippen molar-refractivity contribution in [3.63, 3.8) is 0 Å². The highest BCUT2D eigenvalue weighted by Gasteiger charge is 2.56. The molecule has 2 aliphatic heterocycles. The quantitative estimate of drug-likeness (QED) is 0.0687. The van der Waals surface area contributed by atoms with Gasteiger partial charge in [-0.3, -0.25) is 33.9 Å². The fourth-order valence-corrected chi connectivity index (χ4v) is 8.00. The summed E-state index contributed by atoms with van der Waals surface area (Å²) in [5.41, 5.74) is -1.95. The summed E-state index contributed by atoms with van der Waals surface area (Å²) in [6.45, 7) is 24.1. The molecule has 3 aromatic carbocycles. The zero-order valence-corrected chi connectivity index (χ0v) is 48.5. The molecule has 0 bridgehead atoms. The number of fused-ring (bicyclic) bond motifs is 1. The number of benzene rings is 3. The number of piperazine rings is 1. The molecule has 2 aliphatic rings. The van der Waals surface area contributed by atoms with Gasteiger partial charge in [-0.1, -0.05) is 72.5 Å². The molecule has 5 atom stereocenters. The van der Waals surface area contributed by atoms with E-state index in [1.807, 2.05) is 54.6 Å². The number of ether oxygens (including phenoxy) is 7. The lowest BCUT2D eigenvalue weighted by Crippen LogP contribution is -2.65. The van der Waals surface area contributed by atoms with E-state index in [2.05, 4.69) is 27.4 Å². The third kappa shape index (κ3) is 16.4. The van der Waals surface area contributed by atoms with E-state index in [0.29, 0.717) is 48.2 Å². The van der Waals surface area contributed by atoms with Gasteiger partial charge in [0.15, 0.2) is 12.2 Å². The van der Waals surface area contributed by atoms with Crippen molar-refractivity contribution in [2.75, 3.05) is 32.8 Å². The van der Waals surface area contributed by atoms with Crippen molar-refractivity contribution >= 4 is 58.8 Å². The topological polar surface area (TPSA) is 231 Å². The van der Waals surface area contributed by atoms with Gasteiger partial charge in [-0.2, -0.15) is 0 Å². The van der Waals surface area contributed by atoms with Crippen LogP contribution in [0.4, 0.5) is 4.79 Å². The maximum Gasteiger partial charge on any atom is 0.410 e. The summed E-state index contributed by atoms with van der Waals surface area (Å²) in [4.78, 5) is 97.0. The smallest absolute Gasteiger partial charge is 0.410 e. The van der Waals surface area contributed by atoms with Gasteiger partial charge in [0.05, 0.1) is 32.6 Å². The van der Waals surface area contributed by atoms with Gasteiger partial charge in [0.1, 0.15) is 24.9 Å². The Labute approximate surface area is 468 Å². The minimum atomic E-state index is -1.59. The minimum Gasteiger partial charge on any atom is -0.462 e. The van der Waals surface area contributed by atoms with Gasteiger partial charge in [-0.15, -0.1) is 5.10 Å². The average molecular weight is 1100 g/mol. The average Bonchev–Trinajstić information content (AvgIpc) is 3.80. The number of H-pyrrole nitrogens is 1. The molecule has 2 saturated heterocycles. The molecule has 3 amide bonds. The summed E-state index contributed by atoms with van der Waals surface area (Å²) in [7, 11) is 0. The predicted octanol–water partition coefficient (Wildman–Crippen LogP) is 8.31. The number of hydrogen-bond acceptors (Lipinski definition) is 15. The number of rotatable bonds is 14. The lowest BCUT2D eigenvalue weighted by molar-refractivity contribution is -0.294. The van der Waals surface area contributed by atoms with E-state index in [4.69, 9.17) is 33.2 Å². The molecular weight excluding hydrogens is 1030 g/mol. The van der Waals surface area contributed by atoms with Crippen LogP contribution >= 0.6 is 0 Å². The molecule has 2 fully saturated rings. The van der Waals surface area contributed by atoms with Crippen LogP contribution in [0.5, 0.6) is 5.88 Å². The van der Waals surface area contributed by atoms with Crippen molar-refractivity contribution in [1.82, 2.24) is 25.3 Å². The van der Waals surface area contributed by atoms with Gasteiger partial charge >= 0.3 is 30.0 Å². The van der Waals surface area contributed by atoms with Gasteiger partial charge in [0.25, 0.3) is 0 Å². The third-order valence-electron chi connectivity index (χ3n) is 12.8. The zero-order chi connectivity index (χ0) is 59.0. The molecule has 0 radical (unpaired) electrons. The summed E-state index contributed by atoms with van der Waals surface area (Å²) in [5.74, 6) is 3.08. The lowest BCUT2D eigenvalue weighted by atomic mass is 9.93. The molecule has 0 saturated carbocycles. The second kappa shape index (κ2) is 25.2. The van der Waals surface area contributed by atoms with E-state index in [0.717, 1.165) is 11.1 Å². The summed E-state index contributed by atoms with van der Waals surface area (Å²) < 4.78 is 42.7. The number of esters is 4. The molecular formula is C61H77N5O14. The second-order valence-electron chi connectivity index (χ2n) is 24.6. The van der Waals surface area contributed by atoms with E-state index < -0.39 is 94.5 Å². The Morgan fingerprint density at radius 1 is 0.650 bits per heavy atom. The van der Waals surface area contributed by atoms with Crippen LogP contribution in [0.2, 0.25) is 0 Å². The Kier molecular flexibility index (Phi) is 19.3. The first-order valence-electron chi connectivity index (χ1n) is 26.8. The van der Waals surface area contributed by atoms with Crippen LogP contribution in [0.15, 0.2) is 78.9 Å². The number of carbonyl (C=O) groups excluding carboxylic acids is 7. The number of aromatic nitrogens is 2. The normalized spacial score (nSPS) is 19.1. The van der Waals surface area contributed by atoms with Crippen molar-refractivity contribution in [3.05, 3.63) is 101 Å². The first-order chi connectivity index (χ1) is 37.3. The second-order valence-corrected chi connectivity index (χ2v) is 24.6. The predicted molar refractivity (Wildman–Crippen MR) is 297 cm³/mol. The largest absolute Gasteiger partial charge is 0.462 e. The fraction of sp³-hybridized carbons (Fsp3) is 0.508. The molecule has 430 valence electrons. The molecule has 0 unspecified atom stereocenters. The zero-order valence-electron chi connectivity index (χ0n) is 48.5. The van der Waals surface area contributed by atoms with Crippen LogP contribution in [0.1, 0.15) is 126 Å². The highest BCUT2D eigenvalue weighted by Crippen LogP contribution is 2.37. The van der Waals surface area contributed by atoms with Gasteiger partial charge < -0.3 is 48.3 Å². The molecule has 19 heteroatoms. The van der Waals surface area contributed by atoms with E-state index in [9.17, 15) is 33.6 Å². The standard InChI is InChI=1S/C61H77N5O14/c1-57(2,3)52(69)74-37-43-46(77-53(70)58(4,5)6)47(78-54(71)59(7,8)9)48(79-55(72)60(10,11)12)50(76-43)80-49-45-41(23-19-24-42(45)63-64-49)31-30-39-28-26-38(27-29-39)22-18-25-44(67)62-61(13,14)51(68)65-32-34-66(35-33-65)56(73)75-36-40-20-16-15-17-21-40/h15-24,26-29,43,46-48,50H,25,32-37H2,1-14H3,(H,62,67)(H,63,64)/b22-18+/t43-,46-,47+,48-,50+/m1/s1. The first-order valence-corrected chi connectivity index (χ1v) is 26.8. The monoisotopic (exact) mass is 1100 g/mol.